The molecular formula is C15H24N2O2. The second-order valence-corrected chi connectivity index (χ2v) is 5.83. The Hall–Kier alpha value is -1.26. The molecule has 0 aromatic heterocycles. The first-order chi connectivity index (χ1) is 8.99. The fourth-order valence-electron chi connectivity index (χ4n) is 2.63. The highest BCUT2D eigenvalue weighted by molar-refractivity contribution is 5.60. The van der Waals surface area contributed by atoms with Crippen molar-refractivity contribution < 1.29 is 9.84 Å². The number of likely N-dealkylation sites (N-methyl/N-ethyl adjacent to an activating group) is 1. The van der Waals surface area contributed by atoms with Crippen LogP contribution in [-0.4, -0.2) is 55.4 Å². The molecule has 1 fully saturated rings. The Bertz CT molecular complexity index is 434. The highest BCUT2D eigenvalue weighted by Crippen LogP contribution is 2.34. The number of aliphatic hydroxyl groups is 1. The maximum Gasteiger partial charge on any atom is 0.142 e. The Kier molecular flexibility index (Phi) is 4.02. The molecule has 1 N–H and O–H groups in total. The summed E-state index contributed by atoms with van der Waals surface area (Å²) < 4.78 is 5.45. The second kappa shape index (κ2) is 5.39. The maximum absolute atomic E-state index is 9.67. The van der Waals surface area contributed by atoms with E-state index in [4.69, 9.17) is 4.74 Å². The number of hydrogen-bond acceptors (Lipinski definition) is 4. The first kappa shape index (κ1) is 14.2. The summed E-state index contributed by atoms with van der Waals surface area (Å²) in [6, 6.07) is 8.11. The Morgan fingerprint density at radius 2 is 2.05 bits per heavy atom. The van der Waals surface area contributed by atoms with Crippen LogP contribution in [-0.2, 0) is 0 Å². The van der Waals surface area contributed by atoms with Crippen LogP contribution in [0.4, 0.5) is 5.69 Å². The molecule has 106 valence electrons. The molecule has 0 aliphatic carbocycles. The summed E-state index contributed by atoms with van der Waals surface area (Å²) in [5, 5.41) is 9.67. The van der Waals surface area contributed by atoms with Crippen molar-refractivity contribution in [1.82, 2.24) is 4.90 Å². The fraction of sp³-hybridized carbons (Fsp3) is 0.600. The minimum atomic E-state index is 0.0759. The lowest BCUT2D eigenvalue weighted by atomic mass is 9.95. The smallest absolute Gasteiger partial charge is 0.142 e. The van der Waals surface area contributed by atoms with Crippen molar-refractivity contribution in [3.05, 3.63) is 24.3 Å². The van der Waals surface area contributed by atoms with Crippen LogP contribution >= 0.6 is 0 Å². The van der Waals surface area contributed by atoms with Crippen LogP contribution in [0.15, 0.2) is 24.3 Å². The van der Waals surface area contributed by atoms with Gasteiger partial charge in [-0.1, -0.05) is 12.1 Å². The molecule has 1 unspecified atom stereocenters. The van der Waals surface area contributed by atoms with Crippen molar-refractivity contribution in [2.24, 2.45) is 0 Å². The summed E-state index contributed by atoms with van der Waals surface area (Å²) in [5.41, 5.74) is 1.14. The molecular weight excluding hydrogens is 240 g/mol. The average molecular weight is 264 g/mol. The van der Waals surface area contributed by atoms with E-state index < -0.39 is 0 Å². The van der Waals surface area contributed by atoms with Crippen molar-refractivity contribution in [3.63, 3.8) is 0 Å². The van der Waals surface area contributed by atoms with E-state index in [1.54, 1.807) is 7.11 Å². The van der Waals surface area contributed by atoms with E-state index in [-0.39, 0.29) is 18.2 Å². The lowest BCUT2D eigenvalue weighted by Gasteiger charge is -2.50. The van der Waals surface area contributed by atoms with Gasteiger partial charge in [0.15, 0.2) is 0 Å². The zero-order valence-corrected chi connectivity index (χ0v) is 12.3. The first-order valence-electron chi connectivity index (χ1n) is 6.71. The molecule has 0 spiro atoms. The Morgan fingerprint density at radius 3 is 2.68 bits per heavy atom. The van der Waals surface area contributed by atoms with Crippen LogP contribution in [0.2, 0.25) is 0 Å². The zero-order chi connectivity index (χ0) is 14.0. The molecule has 19 heavy (non-hydrogen) atoms. The first-order valence-corrected chi connectivity index (χ1v) is 6.71. The minimum absolute atomic E-state index is 0.0759. The van der Waals surface area contributed by atoms with Crippen molar-refractivity contribution in [2.75, 3.05) is 38.8 Å². The number of piperazine rings is 1. The van der Waals surface area contributed by atoms with E-state index in [1.807, 2.05) is 18.2 Å². The second-order valence-electron chi connectivity index (χ2n) is 5.83. The minimum Gasteiger partial charge on any atom is -0.495 e. The van der Waals surface area contributed by atoms with Crippen LogP contribution < -0.4 is 9.64 Å². The van der Waals surface area contributed by atoms with E-state index in [0.29, 0.717) is 0 Å². The summed E-state index contributed by atoms with van der Waals surface area (Å²) in [6.45, 7) is 6.32. The van der Waals surface area contributed by atoms with E-state index in [1.165, 1.54) is 0 Å². The predicted molar refractivity (Wildman–Crippen MR) is 77.9 cm³/mol. The van der Waals surface area contributed by atoms with Gasteiger partial charge in [-0.05, 0) is 33.0 Å². The number of aliphatic hydroxyl groups excluding tert-OH is 1. The van der Waals surface area contributed by atoms with Gasteiger partial charge >= 0.3 is 0 Å². The van der Waals surface area contributed by atoms with Crippen molar-refractivity contribution in [1.29, 1.82) is 0 Å². The number of para-hydroxylation sites is 2. The SMILES string of the molecule is COc1ccccc1N1CC(C)(C)N(C)CC1CO. The molecule has 1 aromatic carbocycles. The van der Waals surface area contributed by atoms with Gasteiger partial charge in [-0.15, -0.1) is 0 Å². The van der Waals surface area contributed by atoms with Crippen LogP contribution in [0.1, 0.15) is 13.8 Å². The van der Waals surface area contributed by atoms with Gasteiger partial charge in [0.05, 0.1) is 25.4 Å². The van der Waals surface area contributed by atoms with Gasteiger partial charge in [0.2, 0.25) is 0 Å². The van der Waals surface area contributed by atoms with Crippen molar-refractivity contribution in [3.8, 4) is 5.75 Å². The van der Waals surface area contributed by atoms with E-state index >= 15 is 0 Å². The third kappa shape index (κ3) is 2.69. The van der Waals surface area contributed by atoms with Gasteiger partial charge in [-0.3, -0.25) is 4.90 Å². The molecule has 4 heteroatoms. The van der Waals surface area contributed by atoms with Crippen LogP contribution in [0, 0.1) is 0 Å². The standard InChI is InChI=1S/C15H24N2O2/c1-15(2)11-17(12(10-18)9-16(15)3)13-7-5-6-8-14(13)19-4/h5-8,12,18H,9-11H2,1-4H3. The maximum atomic E-state index is 9.67. The van der Waals surface area contributed by atoms with Crippen LogP contribution in [0.25, 0.3) is 0 Å². The molecule has 1 aliphatic heterocycles. The summed E-state index contributed by atoms with van der Waals surface area (Å²) >= 11 is 0. The molecule has 1 heterocycles. The number of methoxy groups -OCH3 is 1. The van der Waals surface area contributed by atoms with Crippen LogP contribution in [0.5, 0.6) is 5.75 Å². The number of hydrogen-bond donors (Lipinski definition) is 1. The zero-order valence-electron chi connectivity index (χ0n) is 12.3. The summed E-state index contributed by atoms with van der Waals surface area (Å²) in [5.74, 6) is 0.862. The number of benzene rings is 1. The molecule has 1 aliphatic rings. The molecule has 4 nitrogen and oxygen atoms in total. The van der Waals surface area contributed by atoms with Crippen molar-refractivity contribution in [2.45, 2.75) is 25.4 Å². The Labute approximate surface area is 115 Å². The molecule has 1 atom stereocenters. The van der Waals surface area contributed by atoms with Gasteiger partial charge in [-0.2, -0.15) is 0 Å². The molecule has 2 rings (SSSR count). The number of ether oxygens (including phenoxy) is 1. The van der Waals surface area contributed by atoms with Crippen LogP contribution in [0.3, 0.4) is 0 Å². The van der Waals surface area contributed by atoms with Gasteiger partial charge in [0, 0.05) is 18.6 Å². The van der Waals surface area contributed by atoms with Gasteiger partial charge < -0.3 is 14.7 Å². The van der Waals surface area contributed by atoms with E-state index in [2.05, 4.69) is 36.8 Å². The third-order valence-electron chi connectivity index (χ3n) is 4.12. The molecule has 1 saturated heterocycles. The van der Waals surface area contributed by atoms with Gasteiger partial charge in [0.25, 0.3) is 0 Å². The lowest BCUT2D eigenvalue weighted by molar-refractivity contribution is 0.0929. The fourth-order valence-corrected chi connectivity index (χ4v) is 2.63. The summed E-state index contributed by atoms with van der Waals surface area (Å²) in [4.78, 5) is 4.57. The Balaban J connectivity index is 2.35. The number of rotatable bonds is 3. The summed E-state index contributed by atoms with van der Waals surface area (Å²) in [7, 11) is 3.80. The predicted octanol–water partition coefficient (Wildman–Crippen LogP) is 1.59. The molecule has 0 saturated carbocycles. The molecule has 0 bridgehead atoms. The third-order valence-corrected chi connectivity index (χ3v) is 4.12. The van der Waals surface area contributed by atoms with Gasteiger partial charge in [-0.25, -0.2) is 0 Å². The largest absolute Gasteiger partial charge is 0.495 e. The number of anilines is 1. The van der Waals surface area contributed by atoms with E-state index in [0.717, 1.165) is 24.5 Å². The van der Waals surface area contributed by atoms with Crippen molar-refractivity contribution >= 4 is 5.69 Å². The lowest BCUT2D eigenvalue weighted by Crippen LogP contribution is -2.63. The summed E-state index contributed by atoms with van der Waals surface area (Å²) in [6.07, 6.45) is 0. The van der Waals surface area contributed by atoms with E-state index in [9.17, 15) is 5.11 Å². The van der Waals surface area contributed by atoms with Gasteiger partial charge in [0.1, 0.15) is 5.75 Å². The molecule has 0 radical (unpaired) electrons. The normalized spacial score (nSPS) is 23.4. The quantitative estimate of drug-likeness (QED) is 0.899. The topological polar surface area (TPSA) is 35.9 Å². The highest BCUT2D eigenvalue weighted by Gasteiger charge is 2.37. The molecule has 0 amide bonds. The number of nitrogens with zero attached hydrogens (tertiary/aromatic N) is 2. The molecule has 1 aromatic rings. The monoisotopic (exact) mass is 264 g/mol. The average Bonchev–Trinajstić information content (AvgIpc) is 2.41. The Morgan fingerprint density at radius 1 is 1.37 bits per heavy atom. The highest BCUT2D eigenvalue weighted by atomic mass is 16.5.